The number of carbonyl (C=O) groups excluding carboxylic acids is 1. The minimum absolute atomic E-state index is 0.284. The maximum absolute atomic E-state index is 11.8. The first kappa shape index (κ1) is 12.9. The van der Waals surface area contributed by atoms with Crippen molar-refractivity contribution in [1.82, 2.24) is 0 Å². The molecule has 0 aromatic heterocycles. The third-order valence-electron chi connectivity index (χ3n) is 2.87. The Labute approximate surface area is 97.9 Å². The van der Waals surface area contributed by atoms with Crippen LogP contribution in [0.4, 0.5) is 0 Å². The number of benzene rings is 1. The zero-order chi connectivity index (χ0) is 12.1. The van der Waals surface area contributed by atoms with Crippen molar-refractivity contribution < 1.29 is 4.79 Å². The van der Waals surface area contributed by atoms with E-state index < -0.39 is 0 Å². The lowest BCUT2D eigenvalue weighted by Gasteiger charge is -2.09. The van der Waals surface area contributed by atoms with Gasteiger partial charge in [-0.1, -0.05) is 30.7 Å². The predicted octanol–water partition coefficient (Wildman–Crippen LogP) is 2.40. The molecule has 0 spiro atoms. The number of aryl methyl sites for hydroxylation is 2. The number of Topliss-reactive ketones (excluding diaryl/α,β-unsaturated/α-hetero) is 1. The van der Waals surface area contributed by atoms with E-state index in [1.54, 1.807) is 0 Å². The SMILES string of the molecule is Cc1ccc(C)c(CC(=O)CC(C)CN)c1. The Balaban J connectivity index is 2.65. The second-order valence-electron chi connectivity index (χ2n) is 4.69. The Hall–Kier alpha value is -1.15. The van der Waals surface area contributed by atoms with Crippen molar-refractivity contribution in [3.63, 3.8) is 0 Å². The van der Waals surface area contributed by atoms with Crippen LogP contribution >= 0.6 is 0 Å². The Kier molecular flexibility index (Phi) is 4.69. The zero-order valence-corrected chi connectivity index (χ0v) is 10.4. The average molecular weight is 219 g/mol. The van der Waals surface area contributed by atoms with E-state index >= 15 is 0 Å². The maximum atomic E-state index is 11.8. The highest BCUT2D eigenvalue weighted by Crippen LogP contribution is 2.13. The smallest absolute Gasteiger partial charge is 0.137 e. The van der Waals surface area contributed by atoms with Crippen LogP contribution in [0, 0.1) is 19.8 Å². The van der Waals surface area contributed by atoms with Gasteiger partial charge in [-0.25, -0.2) is 0 Å². The van der Waals surface area contributed by atoms with Crippen LogP contribution in [0.3, 0.4) is 0 Å². The van der Waals surface area contributed by atoms with Gasteiger partial charge in [0.1, 0.15) is 5.78 Å². The van der Waals surface area contributed by atoms with E-state index in [1.165, 1.54) is 11.1 Å². The molecule has 0 aliphatic rings. The van der Waals surface area contributed by atoms with Crippen LogP contribution in [-0.4, -0.2) is 12.3 Å². The Morgan fingerprint density at radius 1 is 1.38 bits per heavy atom. The van der Waals surface area contributed by atoms with Crippen molar-refractivity contribution in [2.24, 2.45) is 11.7 Å². The van der Waals surface area contributed by atoms with Crippen molar-refractivity contribution in [3.05, 3.63) is 34.9 Å². The molecule has 0 aliphatic heterocycles. The summed E-state index contributed by atoms with van der Waals surface area (Å²) in [5.41, 5.74) is 9.07. The summed E-state index contributed by atoms with van der Waals surface area (Å²) in [7, 11) is 0. The largest absolute Gasteiger partial charge is 0.330 e. The van der Waals surface area contributed by atoms with E-state index in [4.69, 9.17) is 5.73 Å². The Morgan fingerprint density at radius 2 is 2.06 bits per heavy atom. The molecule has 16 heavy (non-hydrogen) atoms. The minimum atomic E-state index is 0.284. The number of ketones is 1. The second kappa shape index (κ2) is 5.80. The Morgan fingerprint density at radius 3 is 2.69 bits per heavy atom. The van der Waals surface area contributed by atoms with Gasteiger partial charge < -0.3 is 5.73 Å². The first-order chi connectivity index (χ1) is 7.52. The summed E-state index contributed by atoms with van der Waals surface area (Å²) in [6.45, 7) is 6.70. The van der Waals surface area contributed by atoms with Gasteiger partial charge in [-0.05, 0) is 37.4 Å². The summed E-state index contributed by atoms with van der Waals surface area (Å²) < 4.78 is 0. The standard InChI is InChI=1S/C14H21NO/c1-10-4-5-12(3)13(6-10)8-14(16)7-11(2)9-15/h4-6,11H,7-9,15H2,1-3H3. The van der Waals surface area contributed by atoms with Crippen molar-refractivity contribution >= 4 is 5.78 Å². The monoisotopic (exact) mass is 219 g/mol. The van der Waals surface area contributed by atoms with Crippen LogP contribution in [0.25, 0.3) is 0 Å². The maximum Gasteiger partial charge on any atom is 0.137 e. The highest BCUT2D eigenvalue weighted by Gasteiger charge is 2.10. The van der Waals surface area contributed by atoms with Crippen molar-refractivity contribution in [3.8, 4) is 0 Å². The summed E-state index contributed by atoms with van der Waals surface area (Å²) in [4.78, 5) is 11.8. The molecular weight excluding hydrogens is 198 g/mol. The summed E-state index contributed by atoms with van der Waals surface area (Å²) in [5.74, 6) is 0.573. The molecule has 0 fully saturated rings. The van der Waals surface area contributed by atoms with E-state index in [9.17, 15) is 4.79 Å². The van der Waals surface area contributed by atoms with E-state index in [0.717, 1.165) is 5.56 Å². The number of nitrogens with two attached hydrogens (primary N) is 1. The molecule has 2 N–H and O–H groups in total. The van der Waals surface area contributed by atoms with Gasteiger partial charge in [0.2, 0.25) is 0 Å². The number of carbonyl (C=O) groups is 1. The van der Waals surface area contributed by atoms with Crippen LogP contribution < -0.4 is 5.73 Å². The van der Waals surface area contributed by atoms with Gasteiger partial charge in [0, 0.05) is 12.8 Å². The Bertz CT molecular complexity index is 371. The normalized spacial score (nSPS) is 12.5. The second-order valence-corrected chi connectivity index (χ2v) is 4.69. The third kappa shape index (κ3) is 3.78. The van der Waals surface area contributed by atoms with Crippen molar-refractivity contribution in [2.45, 2.75) is 33.6 Å². The first-order valence-corrected chi connectivity index (χ1v) is 5.80. The predicted molar refractivity (Wildman–Crippen MR) is 67.5 cm³/mol. The van der Waals surface area contributed by atoms with Gasteiger partial charge in [-0.3, -0.25) is 4.79 Å². The van der Waals surface area contributed by atoms with Gasteiger partial charge in [0.05, 0.1) is 0 Å². The fourth-order valence-corrected chi connectivity index (χ4v) is 1.75. The lowest BCUT2D eigenvalue weighted by molar-refractivity contribution is -0.119. The fourth-order valence-electron chi connectivity index (χ4n) is 1.75. The van der Waals surface area contributed by atoms with E-state index in [1.807, 2.05) is 6.92 Å². The fraction of sp³-hybridized carbons (Fsp3) is 0.500. The minimum Gasteiger partial charge on any atom is -0.330 e. The highest BCUT2D eigenvalue weighted by atomic mass is 16.1. The number of hydrogen-bond donors (Lipinski definition) is 1. The van der Waals surface area contributed by atoms with Crippen LogP contribution in [-0.2, 0) is 11.2 Å². The molecule has 1 unspecified atom stereocenters. The van der Waals surface area contributed by atoms with E-state index in [0.29, 0.717) is 19.4 Å². The lowest BCUT2D eigenvalue weighted by Crippen LogP contribution is -2.16. The van der Waals surface area contributed by atoms with Gasteiger partial charge in [-0.2, -0.15) is 0 Å². The summed E-state index contributed by atoms with van der Waals surface area (Å²) in [6.07, 6.45) is 1.13. The van der Waals surface area contributed by atoms with Crippen LogP contribution in [0.1, 0.15) is 30.0 Å². The molecule has 1 rings (SSSR count). The van der Waals surface area contributed by atoms with E-state index in [-0.39, 0.29) is 11.7 Å². The molecule has 88 valence electrons. The zero-order valence-electron chi connectivity index (χ0n) is 10.4. The third-order valence-corrected chi connectivity index (χ3v) is 2.87. The summed E-state index contributed by atoms with van der Waals surface area (Å²) >= 11 is 0. The average Bonchev–Trinajstić information content (AvgIpc) is 2.23. The molecule has 1 aromatic carbocycles. The molecule has 0 radical (unpaired) electrons. The highest BCUT2D eigenvalue weighted by molar-refractivity contribution is 5.81. The quantitative estimate of drug-likeness (QED) is 0.826. The molecule has 0 amide bonds. The van der Waals surface area contributed by atoms with Crippen LogP contribution in [0.2, 0.25) is 0 Å². The van der Waals surface area contributed by atoms with Gasteiger partial charge in [0.15, 0.2) is 0 Å². The topological polar surface area (TPSA) is 43.1 Å². The molecule has 0 saturated heterocycles. The molecular formula is C14H21NO. The summed E-state index contributed by atoms with van der Waals surface area (Å²) in [5, 5.41) is 0. The van der Waals surface area contributed by atoms with Gasteiger partial charge >= 0.3 is 0 Å². The van der Waals surface area contributed by atoms with Crippen molar-refractivity contribution in [1.29, 1.82) is 0 Å². The van der Waals surface area contributed by atoms with Crippen LogP contribution in [0.15, 0.2) is 18.2 Å². The molecule has 1 atom stereocenters. The molecule has 1 aromatic rings. The number of hydrogen-bond acceptors (Lipinski definition) is 2. The summed E-state index contributed by atoms with van der Waals surface area (Å²) in [6, 6.07) is 6.25. The molecule has 0 bridgehead atoms. The first-order valence-electron chi connectivity index (χ1n) is 5.80. The molecule has 0 heterocycles. The van der Waals surface area contributed by atoms with Crippen LogP contribution in [0.5, 0.6) is 0 Å². The molecule has 0 aliphatic carbocycles. The van der Waals surface area contributed by atoms with Gasteiger partial charge in [-0.15, -0.1) is 0 Å². The molecule has 2 heteroatoms. The van der Waals surface area contributed by atoms with Crippen molar-refractivity contribution in [2.75, 3.05) is 6.54 Å². The molecule has 0 saturated carbocycles. The number of rotatable bonds is 5. The lowest BCUT2D eigenvalue weighted by atomic mass is 9.96. The van der Waals surface area contributed by atoms with Gasteiger partial charge in [0.25, 0.3) is 0 Å². The molecule has 2 nitrogen and oxygen atoms in total. The van der Waals surface area contributed by atoms with E-state index in [2.05, 4.69) is 32.0 Å².